The Kier molecular flexibility index (Phi) is 4.71. The van der Waals surface area contributed by atoms with Crippen molar-refractivity contribution in [3.8, 4) is 17.6 Å². The summed E-state index contributed by atoms with van der Waals surface area (Å²) in [6, 6.07) is 12.6. The summed E-state index contributed by atoms with van der Waals surface area (Å²) in [6.07, 6.45) is 0. The first-order chi connectivity index (χ1) is 9.13. The molecule has 0 saturated heterocycles. The van der Waals surface area contributed by atoms with Gasteiger partial charge in [-0.25, -0.2) is 0 Å². The van der Waals surface area contributed by atoms with E-state index in [0.29, 0.717) is 28.0 Å². The molecule has 0 fully saturated rings. The summed E-state index contributed by atoms with van der Waals surface area (Å²) in [4.78, 5) is 0. The van der Waals surface area contributed by atoms with Gasteiger partial charge in [0.2, 0.25) is 0 Å². The highest BCUT2D eigenvalue weighted by Gasteiger charge is 2.09. The van der Waals surface area contributed by atoms with Crippen molar-refractivity contribution in [3.05, 3.63) is 57.0 Å². The van der Waals surface area contributed by atoms with Crippen molar-refractivity contribution in [1.82, 2.24) is 0 Å². The van der Waals surface area contributed by atoms with Crippen LogP contribution in [0.3, 0.4) is 0 Å². The number of hydrogen-bond acceptors (Lipinski definition) is 2. The van der Waals surface area contributed by atoms with Gasteiger partial charge in [0.15, 0.2) is 0 Å². The first-order valence-electron chi connectivity index (χ1n) is 5.36. The molecule has 2 nitrogen and oxygen atoms in total. The van der Waals surface area contributed by atoms with Crippen LogP contribution in [0.15, 0.2) is 40.9 Å². The highest BCUT2D eigenvalue weighted by molar-refractivity contribution is 9.10. The minimum atomic E-state index is 0.354. The minimum absolute atomic E-state index is 0.354. The lowest BCUT2D eigenvalue weighted by Crippen LogP contribution is -1.91. The quantitative estimate of drug-likeness (QED) is 0.679. The lowest BCUT2D eigenvalue weighted by molar-refractivity contribution is 0.481. The van der Waals surface area contributed by atoms with Gasteiger partial charge in [0, 0.05) is 10.4 Å². The lowest BCUT2D eigenvalue weighted by Gasteiger charge is -2.10. The largest absolute Gasteiger partial charge is 0.454 e. The van der Waals surface area contributed by atoms with Crippen LogP contribution in [0.5, 0.6) is 11.5 Å². The van der Waals surface area contributed by atoms with Gasteiger partial charge in [-0.3, -0.25) is 0 Å². The number of rotatable bonds is 3. The van der Waals surface area contributed by atoms with Crippen molar-refractivity contribution in [2.45, 2.75) is 5.88 Å². The molecule has 0 unspecified atom stereocenters. The van der Waals surface area contributed by atoms with Gasteiger partial charge in [0.05, 0.1) is 10.6 Å². The van der Waals surface area contributed by atoms with Crippen molar-refractivity contribution in [1.29, 1.82) is 5.26 Å². The smallest absolute Gasteiger partial charge is 0.147 e. The van der Waals surface area contributed by atoms with Crippen LogP contribution in [0.25, 0.3) is 0 Å². The van der Waals surface area contributed by atoms with E-state index >= 15 is 0 Å². The molecular formula is C14H8BrCl2NO. The molecule has 2 aromatic rings. The van der Waals surface area contributed by atoms with Gasteiger partial charge in [-0.1, -0.05) is 33.6 Å². The third-order valence-corrected chi connectivity index (χ3v) is 3.55. The monoisotopic (exact) mass is 355 g/mol. The molecule has 0 aromatic heterocycles. The molecule has 0 aliphatic carbocycles. The average molecular weight is 357 g/mol. The van der Waals surface area contributed by atoms with Crippen molar-refractivity contribution in [3.63, 3.8) is 0 Å². The fourth-order valence-corrected chi connectivity index (χ4v) is 2.17. The average Bonchev–Trinajstić information content (AvgIpc) is 2.43. The number of nitrogens with zero attached hydrogens (tertiary/aromatic N) is 1. The standard InChI is InChI=1S/C14H8BrCl2NO/c15-11-2-3-12(17)14(6-11)19-13-4-1-9(7-16)5-10(13)8-18/h1-6H,7H2. The zero-order valence-corrected chi connectivity index (χ0v) is 12.8. The van der Waals surface area contributed by atoms with E-state index < -0.39 is 0 Å². The van der Waals surface area contributed by atoms with Crippen LogP contribution in [-0.4, -0.2) is 0 Å². The molecule has 19 heavy (non-hydrogen) atoms. The molecule has 2 aromatic carbocycles. The van der Waals surface area contributed by atoms with Gasteiger partial charge < -0.3 is 4.74 Å². The van der Waals surface area contributed by atoms with Gasteiger partial charge in [-0.05, 0) is 35.9 Å². The molecule has 0 heterocycles. The van der Waals surface area contributed by atoms with Crippen LogP contribution in [0.4, 0.5) is 0 Å². The molecular weight excluding hydrogens is 349 g/mol. The zero-order chi connectivity index (χ0) is 13.8. The summed E-state index contributed by atoms with van der Waals surface area (Å²) in [7, 11) is 0. The topological polar surface area (TPSA) is 33.0 Å². The first-order valence-corrected chi connectivity index (χ1v) is 7.06. The van der Waals surface area contributed by atoms with Crippen LogP contribution in [0.1, 0.15) is 11.1 Å². The molecule has 5 heteroatoms. The molecule has 2 rings (SSSR count). The summed E-state index contributed by atoms with van der Waals surface area (Å²) in [6.45, 7) is 0. The zero-order valence-electron chi connectivity index (χ0n) is 9.66. The SMILES string of the molecule is N#Cc1cc(CCl)ccc1Oc1cc(Br)ccc1Cl. The third kappa shape index (κ3) is 3.42. The number of halogens is 3. The molecule has 96 valence electrons. The number of hydrogen-bond donors (Lipinski definition) is 0. The van der Waals surface area contributed by atoms with Gasteiger partial charge in [0.25, 0.3) is 0 Å². The Morgan fingerprint density at radius 3 is 2.63 bits per heavy atom. The molecule has 0 amide bonds. The van der Waals surface area contributed by atoms with Gasteiger partial charge >= 0.3 is 0 Å². The summed E-state index contributed by atoms with van der Waals surface area (Å²) in [5.74, 6) is 1.30. The molecule has 0 spiro atoms. The van der Waals surface area contributed by atoms with Crippen molar-refractivity contribution in [2.24, 2.45) is 0 Å². The van der Waals surface area contributed by atoms with E-state index in [9.17, 15) is 0 Å². The number of nitriles is 1. The molecule has 0 atom stereocenters. The molecule has 0 aliphatic heterocycles. The Bertz CT molecular complexity index is 652. The summed E-state index contributed by atoms with van der Waals surface area (Å²) >= 11 is 15.1. The van der Waals surface area contributed by atoms with Crippen LogP contribution < -0.4 is 4.74 Å². The van der Waals surface area contributed by atoms with Crippen molar-refractivity contribution >= 4 is 39.1 Å². The molecule has 0 N–H and O–H groups in total. The Labute approximate surface area is 129 Å². The highest BCUT2D eigenvalue weighted by atomic mass is 79.9. The fraction of sp³-hybridized carbons (Fsp3) is 0.0714. The summed E-state index contributed by atoms with van der Waals surface area (Å²) < 4.78 is 6.53. The van der Waals surface area contributed by atoms with E-state index in [0.717, 1.165) is 10.0 Å². The Morgan fingerprint density at radius 2 is 1.95 bits per heavy atom. The van der Waals surface area contributed by atoms with Crippen LogP contribution in [-0.2, 0) is 5.88 Å². The van der Waals surface area contributed by atoms with E-state index in [1.807, 2.05) is 12.1 Å². The molecule has 0 aliphatic rings. The maximum Gasteiger partial charge on any atom is 0.147 e. The lowest BCUT2D eigenvalue weighted by atomic mass is 10.1. The van der Waals surface area contributed by atoms with Gasteiger partial charge in [-0.15, -0.1) is 11.6 Å². The Hall–Kier alpha value is -1.21. The van der Waals surface area contributed by atoms with Crippen LogP contribution in [0, 0.1) is 11.3 Å². The van der Waals surface area contributed by atoms with Crippen molar-refractivity contribution < 1.29 is 4.74 Å². The highest BCUT2D eigenvalue weighted by Crippen LogP contribution is 2.33. The first kappa shape index (κ1) is 14.2. The maximum absolute atomic E-state index is 9.12. The van der Waals surface area contributed by atoms with Crippen molar-refractivity contribution in [2.75, 3.05) is 0 Å². The number of alkyl halides is 1. The minimum Gasteiger partial charge on any atom is -0.454 e. The molecule has 0 bridgehead atoms. The number of benzene rings is 2. The summed E-state index contributed by atoms with van der Waals surface area (Å²) in [5.41, 5.74) is 1.29. The Balaban J connectivity index is 2.38. The second-order valence-electron chi connectivity index (χ2n) is 3.75. The molecule has 0 saturated carbocycles. The summed E-state index contributed by atoms with van der Waals surface area (Å²) in [5, 5.41) is 9.61. The van der Waals surface area contributed by atoms with E-state index in [-0.39, 0.29) is 0 Å². The normalized spacial score (nSPS) is 10.0. The van der Waals surface area contributed by atoms with Gasteiger partial charge in [-0.2, -0.15) is 5.26 Å². The van der Waals surface area contributed by atoms with Gasteiger partial charge in [0.1, 0.15) is 17.6 Å². The number of ether oxygens (including phenoxy) is 1. The van der Waals surface area contributed by atoms with Crippen LogP contribution >= 0.6 is 39.1 Å². The van der Waals surface area contributed by atoms with E-state index in [1.165, 1.54) is 0 Å². The Morgan fingerprint density at radius 1 is 1.16 bits per heavy atom. The maximum atomic E-state index is 9.12. The van der Waals surface area contributed by atoms with E-state index in [1.54, 1.807) is 24.3 Å². The van der Waals surface area contributed by atoms with Crippen LogP contribution in [0.2, 0.25) is 5.02 Å². The second kappa shape index (κ2) is 6.29. The molecule has 0 radical (unpaired) electrons. The third-order valence-electron chi connectivity index (χ3n) is 2.43. The predicted octanol–water partition coefficient (Wildman–Crippen LogP) is 5.51. The fourth-order valence-electron chi connectivity index (χ4n) is 1.51. The predicted molar refractivity (Wildman–Crippen MR) is 79.9 cm³/mol. The van der Waals surface area contributed by atoms with E-state index in [2.05, 4.69) is 22.0 Å². The van der Waals surface area contributed by atoms with E-state index in [4.69, 9.17) is 33.2 Å². The second-order valence-corrected chi connectivity index (χ2v) is 5.34.